The monoisotopic (exact) mass is 271 g/mol. The summed E-state index contributed by atoms with van der Waals surface area (Å²) in [6, 6.07) is 0. The Labute approximate surface area is 111 Å². The van der Waals surface area contributed by atoms with Crippen molar-refractivity contribution in [3.63, 3.8) is 0 Å². The van der Waals surface area contributed by atoms with E-state index in [1.54, 1.807) is 5.38 Å². The number of carbonyl (C=O) groups excluding carboxylic acids is 1. The number of rotatable bonds is 8. The van der Waals surface area contributed by atoms with Gasteiger partial charge in [0.15, 0.2) is 0 Å². The standard InChI is InChI=1S/C12H21N3O2S/c1-2-9(5-6-13)3-4-11(16)14-7-10-8-18-12(17)15-10/h8-9H,2-7,13H2,1H3,(H,14,16)(H,15,17). The molecule has 1 heterocycles. The summed E-state index contributed by atoms with van der Waals surface area (Å²) >= 11 is 1.11. The Morgan fingerprint density at radius 1 is 1.56 bits per heavy atom. The molecule has 0 aliphatic carbocycles. The highest BCUT2D eigenvalue weighted by Crippen LogP contribution is 2.14. The second-order valence-electron chi connectivity index (χ2n) is 4.34. The third-order valence-electron chi connectivity index (χ3n) is 2.98. The number of thiazole rings is 1. The summed E-state index contributed by atoms with van der Waals surface area (Å²) < 4.78 is 0. The molecule has 1 rings (SSSR count). The lowest BCUT2D eigenvalue weighted by Crippen LogP contribution is -2.24. The van der Waals surface area contributed by atoms with Gasteiger partial charge in [-0.1, -0.05) is 24.7 Å². The van der Waals surface area contributed by atoms with Crippen LogP contribution in [0.25, 0.3) is 0 Å². The number of aromatic nitrogens is 1. The summed E-state index contributed by atoms with van der Waals surface area (Å²) in [5, 5.41) is 4.53. The molecule has 18 heavy (non-hydrogen) atoms. The number of aromatic amines is 1. The summed E-state index contributed by atoms with van der Waals surface area (Å²) in [5.74, 6) is 0.555. The van der Waals surface area contributed by atoms with Gasteiger partial charge in [-0.05, 0) is 25.3 Å². The maximum atomic E-state index is 11.6. The number of H-pyrrole nitrogens is 1. The molecule has 0 spiro atoms. The number of hydrogen-bond acceptors (Lipinski definition) is 4. The van der Waals surface area contributed by atoms with E-state index in [1.807, 2.05) is 0 Å². The first-order chi connectivity index (χ1) is 8.65. The second-order valence-corrected chi connectivity index (χ2v) is 5.18. The predicted octanol–water partition coefficient (Wildman–Crippen LogP) is 1.21. The molecule has 1 amide bonds. The van der Waals surface area contributed by atoms with Crippen LogP contribution in [-0.2, 0) is 11.3 Å². The van der Waals surface area contributed by atoms with Crippen molar-refractivity contribution >= 4 is 17.2 Å². The minimum Gasteiger partial charge on any atom is -0.351 e. The van der Waals surface area contributed by atoms with Crippen LogP contribution in [0.3, 0.4) is 0 Å². The summed E-state index contributed by atoms with van der Waals surface area (Å²) in [6.45, 7) is 3.19. The van der Waals surface area contributed by atoms with Gasteiger partial charge >= 0.3 is 4.87 Å². The summed E-state index contributed by atoms with van der Waals surface area (Å²) in [4.78, 5) is 25.1. The fourth-order valence-electron chi connectivity index (χ4n) is 1.81. The van der Waals surface area contributed by atoms with Gasteiger partial charge in [0.2, 0.25) is 5.91 Å². The topological polar surface area (TPSA) is 88.0 Å². The highest BCUT2D eigenvalue weighted by atomic mass is 32.1. The largest absolute Gasteiger partial charge is 0.351 e. The van der Waals surface area contributed by atoms with Crippen LogP contribution < -0.4 is 15.9 Å². The second kappa shape index (κ2) is 8.05. The molecule has 0 saturated heterocycles. The lowest BCUT2D eigenvalue weighted by molar-refractivity contribution is -0.121. The van der Waals surface area contributed by atoms with E-state index < -0.39 is 0 Å². The molecule has 1 atom stereocenters. The third kappa shape index (κ3) is 5.46. The summed E-state index contributed by atoms with van der Waals surface area (Å²) in [5.41, 5.74) is 6.27. The fraction of sp³-hybridized carbons (Fsp3) is 0.667. The van der Waals surface area contributed by atoms with Crippen LogP contribution in [-0.4, -0.2) is 17.4 Å². The van der Waals surface area contributed by atoms with Crippen LogP contribution in [0.15, 0.2) is 10.2 Å². The molecule has 0 aromatic carbocycles. The van der Waals surface area contributed by atoms with Gasteiger partial charge in [0, 0.05) is 17.5 Å². The van der Waals surface area contributed by atoms with E-state index >= 15 is 0 Å². The molecule has 0 fully saturated rings. The maximum Gasteiger partial charge on any atom is 0.304 e. The summed E-state index contributed by atoms with van der Waals surface area (Å²) in [7, 11) is 0. The molecule has 102 valence electrons. The maximum absolute atomic E-state index is 11.6. The van der Waals surface area contributed by atoms with Crippen LogP contribution >= 0.6 is 11.3 Å². The zero-order chi connectivity index (χ0) is 13.4. The smallest absolute Gasteiger partial charge is 0.304 e. The summed E-state index contributed by atoms with van der Waals surface area (Å²) in [6.07, 6.45) is 3.43. The number of hydrogen-bond donors (Lipinski definition) is 3. The fourth-order valence-corrected chi connectivity index (χ4v) is 2.39. The quantitative estimate of drug-likeness (QED) is 0.664. The van der Waals surface area contributed by atoms with Gasteiger partial charge in [0.25, 0.3) is 0 Å². The Bertz CT molecular complexity index is 413. The van der Waals surface area contributed by atoms with E-state index in [4.69, 9.17) is 5.73 Å². The van der Waals surface area contributed by atoms with Gasteiger partial charge in [0.1, 0.15) is 0 Å². The van der Waals surface area contributed by atoms with Gasteiger partial charge in [-0.25, -0.2) is 0 Å². The lowest BCUT2D eigenvalue weighted by Gasteiger charge is -2.12. The molecule has 5 nitrogen and oxygen atoms in total. The van der Waals surface area contributed by atoms with E-state index in [9.17, 15) is 9.59 Å². The van der Waals surface area contributed by atoms with Crippen LogP contribution in [0, 0.1) is 5.92 Å². The highest BCUT2D eigenvalue weighted by molar-refractivity contribution is 7.07. The first-order valence-electron chi connectivity index (χ1n) is 6.29. The zero-order valence-corrected chi connectivity index (χ0v) is 11.5. The van der Waals surface area contributed by atoms with Gasteiger partial charge in [-0.15, -0.1) is 0 Å². The first kappa shape index (κ1) is 14.9. The lowest BCUT2D eigenvalue weighted by atomic mass is 9.96. The average molecular weight is 271 g/mol. The van der Waals surface area contributed by atoms with Crippen LogP contribution in [0.5, 0.6) is 0 Å². The molecule has 6 heteroatoms. The van der Waals surface area contributed by atoms with Crippen LogP contribution in [0.2, 0.25) is 0 Å². The molecule has 0 radical (unpaired) electrons. The van der Waals surface area contributed by atoms with Gasteiger partial charge in [0.05, 0.1) is 6.54 Å². The van der Waals surface area contributed by atoms with Crippen molar-refractivity contribution in [1.29, 1.82) is 0 Å². The Hall–Kier alpha value is -1.14. The van der Waals surface area contributed by atoms with E-state index in [1.165, 1.54) is 0 Å². The van der Waals surface area contributed by atoms with E-state index in [0.29, 0.717) is 25.4 Å². The Morgan fingerprint density at radius 3 is 2.89 bits per heavy atom. The Morgan fingerprint density at radius 2 is 2.33 bits per heavy atom. The number of nitrogens with one attached hydrogen (secondary N) is 2. The minimum atomic E-state index is -0.0896. The van der Waals surface area contributed by atoms with Crippen molar-refractivity contribution < 1.29 is 4.79 Å². The molecular formula is C12H21N3O2S. The predicted molar refractivity (Wildman–Crippen MR) is 73.5 cm³/mol. The van der Waals surface area contributed by atoms with Crippen molar-refractivity contribution in [2.75, 3.05) is 6.54 Å². The molecule has 0 aliphatic heterocycles. The molecule has 1 aromatic rings. The van der Waals surface area contributed by atoms with Gasteiger partial charge in [-0.3, -0.25) is 9.59 Å². The SMILES string of the molecule is CCC(CCN)CCC(=O)NCc1csc(=O)[nH]1. The number of carbonyl (C=O) groups is 1. The van der Waals surface area contributed by atoms with E-state index in [0.717, 1.165) is 36.3 Å². The van der Waals surface area contributed by atoms with Crippen molar-refractivity contribution in [2.45, 2.75) is 39.2 Å². The van der Waals surface area contributed by atoms with Gasteiger partial charge < -0.3 is 16.0 Å². The van der Waals surface area contributed by atoms with Crippen LogP contribution in [0.1, 0.15) is 38.3 Å². The molecule has 0 aliphatic rings. The number of amides is 1. The molecule has 0 saturated carbocycles. The van der Waals surface area contributed by atoms with Crippen molar-refractivity contribution in [1.82, 2.24) is 10.3 Å². The van der Waals surface area contributed by atoms with E-state index in [-0.39, 0.29) is 10.8 Å². The van der Waals surface area contributed by atoms with Crippen LogP contribution in [0.4, 0.5) is 0 Å². The minimum absolute atomic E-state index is 0.0255. The molecule has 4 N–H and O–H groups in total. The Kier molecular flexibility index (Phi) is 6.67. The normalized spacial score (nSPS) is 12.3. The van der Waals surface area contributed by atoms with E-state index in [2.05, 4.69) is 17.2 Å². The molecular weight excluding hydrogens is 250 g/mol. The van der Waals surface area contributed by atoms with Crippen molar-refractivity contribution in [3.8, 4) is 0 Å². The molecule has 1 unspecified atom stereocenters. The van der Waals surface area contributed by atoms with Crippen molar-refractivity contribution in [3.05, 3.63) is 20.7 Å². The zero-order valence-electron chi connectivity index (χ0n) is 10.7. The molecule has 1 aromatic heterocycles. The average Bonchev–Trinajstić information content (AvgIpc) is 2.77. The van der Waals surface area contributed by atoms with Gasteiger partial charge in [-0.2, -0.15) is 0 Å². The van der Waals surface area contributed by atoms with Crippen molar-refractivity contribution in [2.24, 2.45) is 11.7 Å². The Balaban J connectivity index is 2.23. The first-order valence-corrected chi connectivity index (χ1v) is 7.17. The third-order valence-corrected chi connectivity index (χ3v) is 3.70. The molecule has 0 bridgehead atoms. The number of nitrogens with two attached hydrogens (primary N) is 1. The highest BCUT2D eigenvalue weighted by Gasteiger charge is 2.09.